The molecule has 8 heteroatoms. The molecule has 30 heavy (non-hydrogen) atoms. The summed E-state index contributed by atoms with van der Waals surface area (Å²) in [6.07, 6.45) is 3.63. The van der Waals surface area contributed by atoms with Crippen LogP contribution in [0.25, 0.3) is 16.5 Å². The van der Waals surface area contributed by atoms with Crippen molar-refractivity contribution in [2.45, 2.75) is 19.4 Å². The molecule has 1 aliphatic heterocycles. The lowest BCUT2D eigenvalue weighted by atomic mass is 10.1. The van der Waals surface area contributed by atoms with Crippen LogP contribution in [-0.4, -0.2) is 24.3 Å². The van der Waals surface area contributed by atoms with Gasteiger partial charge in [0.05, 0.1) is 21.5 Å². The molecule has 3 aromatic rings. The number of carbonyl (C=O) groups excluding carboxylic acids is 2. The summed E-state index contributed by atoms with van der Waals surface area (Å²) in [5, 5.41) is 5.89. The van der Waals surface area contributed by atoms with E-state index in [4.69, 9.17) is 27.9 Å². The number of hydrogen-bond donors (Lipinski definition) is 1. The van der Waals surface area contributed by atoms with Crippen molar-refractivity contribution in [3.63, 3.8) is 0 Å². The molecule has 0 saturated carbocycles. The third-order valence-electron chi connectivity index (χ3n) is 4.62. The molecule has 4 rings (SSSR count). The molecule has 0 spiro atoms. The highest BCUT2D eigenvalue weighted by Crippen LogP contribution is 2.41. The average Bonchev–Trinajstić information content (AvgIpc) is 3.44. The number of nitrogens with one attached hydrogen (secondary N) is 1. The van der Waals surface area contributed by atoms with Crippen molar-refractivity contribution < 1.29 is 14.3 Å². The molecule has 0 radical (unpaired) electrons. The fraction of sp³-hybridized carbons (Fsp3) is 0.182. The number of Topliss-reactive ketones (excluding diaryl/α,β-unsaturated/α-hetero) is 1. The summed E-state index contributed by atoms with van der Waals surface area (Å²) in [7, 11) is 0. The van der Waals surface area contributed by atoms with Crippen LogP contribution in [0.4, 0.5) is 0 Å². The van der Waals surface area contributed by atoms with Crippen molar-refractivity contribution >= 4 is 63.6 Å². The number of rotatable bonds is 6. The summed E-state index contributed by atoms with van der Waals surface area (Å²) in [5.74, 6) is 0.498. The number of ether oxygens (including phenoxy) is 1. The zero-order valence-electron chi connectivity index (χ0n) is 15.9. The van der Waals surface area contributed by atoms with Gasteiger partial charge in [-0.2, -0.15) is 0 Å². The molecule has 1 unspecified atom stereocenters. The van der Waals surface area contributed by atoms with Gasteiger partial charge in [-0.05, 0) is 54.3 Å². The van der Waals surface area contributed by atoms with Gasteiger partial charge in [-0.3, -0.25) is 9.59 Å². The fourth-order valence-corrected chi connectivity index (χ4v) is 5.36. The number of benzene rings is 1. The molecular formula is C22H17Cl2NO3S2. The van der Waals surface area contributed by atoms with Crippen molar-refractivity contribution in [1.29, 1.82) is 0 Å². The summed E-state index contributed by atoms with van der Waals surface area (Å²) in [4.78, 5) is 26.2. The molecule has 1 aliphatic rings. The van der Waals surface area contributed by atoms with Crippen LogP contribution in [0.15, 0.2) is 41.8 Å². The number of thiophene rings is 2. The van der Waals surface area contributed by atoms with Gasteiger partial charge in [0.15, 0.2) is 5.78 Å². The number of hydrogen-bond acceptors (Lipinski definition) is 5. The number of ketones is 1. The monoisotopic (exact) mass is 477 g/mol. The first kappa shape index (κ1) is 21.1. The Kier molecular flexibility index (Phi) is 6.29. The van der Waals surface area contributed by atoms with Crippen molar-refractivity contribution in [3.8, 4) is 16.2 Å². The molecule has 4 nitrogen and oxygen atoms in total. The van der Waals surface area contributed by atoms with Crippen LogP contribution in [0.3, 0.4) is 0 Å². The molecule has 0 aliphatic carbocycles. The van der Waals surface area contributed by atoms with Crippen LogP contribution in [0.1, 0.15) is 27.0 Å². The first-order valence-electron chi connectivity index (χ1n) is 9.20. The Labute approximate surface area is 192 Å². The fourth-order valence-electron chi connectivity index (χ4n) is 3.18. The van der Waals surface area contributed by atoms with Crippen molar-refractivity contribution in [3.05, 3.63) is 67.2 Å². The zero-order chi connectivity index (χ0) is 21.3. The Balaban J connectivity index is 1.40. The van der Waals surface area contributed by atoms with Crippen LogP contribution < -0.4 is 10.1 Å². The summed E-state index contributed by atoms with van der Waals surface area (Å²) >= 11 is 15.4. The Morgan fingerprint density at radius 1 is 1.23 bits per heavy atom. The second-order valence-electron chi connectivity index (χ2n) is 6.82. The normalized spacial score (nSPS) is 15.2. The lowest BCUT2D eigenvalue weighted by molar-refractivity contribution is -0.116. The van der Waals surface area contributed by atoms with E-state index in [0.717, 1.165) is 25.8 Å². The van der Waals surface area contributed by atoms with E-state index in [-0.39, 0.29) is 17.8 Å². The van der Waals surface area contributed by atoms with Gasteiger partial charge in [-0.15, -0.1) is 22.7 Å². The standard InChI is InChI=1S/C22H17Cl2NO3S2/c1-12(26)18-2-3-19(30-18)13-8-14-9-15(28-22(14)17(24)10-13)11-25-21(27)5-4-20-16(23)6-7-29-20/h2-8,10,15H,9,11H2,1H3,(H,25,27)/b5-4+. The largest absolute Gasteiger partial charge is 0.486 e. The zero-order valence-corrected chi connectivity index (χ0v) is 19.1. The maximum absolute atomic E-state index is 12.1. The SMILES string of the molecule is CC(=O)c1ccc(-c2cc(Cl)c3c(c2)CC(CNC(=O)/C=C/c2sccc2Cl)O3)s1. The highest BCUT2D eigenvalue weighted by Gasteiger charge is 2.26. The van der Waals surface area contributed by atoms with E-state index in [2.05, 4.69) is 5.32 Å². The van der Waals surface area contributed by atoms with Crippen molar-refractivity contribution in [2.75, 3.05) is 6.54 Å². The first-order chi connectivity index (χ1) is 14.4. The highest BCUT2D eigenvalue weighted by atomic mass is 35.5. The second-order valence-corrected chi connectivity index (χ2v) is 9.67. The molecule has 0 saturated heterocycles. The van der Waals surface area contributed by atoms with E-state index in [1.165, 1.54) is 28.7 Å². The van der Waals surface area contributed by atoms with Gasteiger partial charge < -0.3 is 10.1 Å². The van der Waals surface area contributed by atoms with Crippen LogP contribution in [0, 0.1) is 0 Å². The van der Waals surface area contributed by atoms with Gasteiger partial charge in [0.1, 0.15) is 11.9 Å². The average molecular weight is 478 g/mol. The number of fused-ring (bicyclic) bond motifs is 1. The topological polar surface area (TPSA) is 55.4 Å². The Morgan fingerprint density at radius 2 is 2.07 bits per heavy atom. The van der Waals surface area contributed by atoms with Crippen LogP contribution >= 0.6 is 45.9 Å². The predicted octanol–water partition coefficient (Wildman–Crippen LogP) is 6.12. The Hall–Kier alpha value is -2.12. The summed E-state index contributed by atoms with van der Waals surface area (Å²) in [5.41, 5.74) is 1.95. The van der Waals surface area contributed by atoms with Gasteiger partial charge in [0.2, 0.25) is 5.91 Å². The van der Waals surface area contributed by atoms with Crippen molar-refractivity contribution in [2.24, 2.45) is 0 Å². The van der Waals surface area contributed by atoms with E-state index in [9.17, 15) is 9.59 Å². The minimum atomic E-state index is -0.207. The van der Waals surface area contributed by atoms with Gasteiger partial charge in [-0.1, -0.05) is 23.2 Å². The molecule has 0 bridgehead atoms. The molecule has 3 heterocycles. The molecule has 0 fully saturated rings. The minimum Gasteiger partial charge on any atom is -0.486 e. The van der Waals surface area contributed by atoms with E-state index in [0.29, 0.717) is 28.8 Å². The molecular weight excluding hydrogens is 461 g/mol. The quantitative estimate of drug-likeness (QED) is 0.343. The predicted molar refractivity (Wildman–Crippen MR) is 124 cm³/mol. The first-order valence-corrected chi connectivity index (χ1v) is 11.6. The third kappa shape index (κ3) is 4.62. The molecule has 1 N–H and O–H groups in total. The number of halogens is 2. The highest BCUT2D eigenvalue weighted by molar-refractivity contribution is 7.17. The number of carbonyl (C=O) groups is 2. The van der Waals surface area contributed by atoms with Crippen LogP contribution in [0.5, 0.6) is 5.75 Å². The van der Waals surface area contributed by atoms with Crippen LogP contribution in [-0.2, 0) is 11.2 Å². The lowest BCUT2D eigenvalue weighted by Crippen LogP contribution is -2.33. The number of amides is 1. The second kappa shape index (κ2) is 8.94. The molecule has 154 valence electrons. The van der Waals surface area contributed by atoms with Gasteiger partial charge >= 0.3 is 0 Å². The third-order valence-corrected chi connectivity index (χ3v) is 7.46. The maximum atomic E-state index is 12.1. The van der Waals surface area contributed by atoms with Gasteiger partial charge in [0.25, 0.3) is 0 Å². The Morgan fingerprint density at radius 3 is 2.77 bits per heavy atom. The van der Waals surface area contributed by atoms with Gasteiger partial charge in [0, 0.05) is 27.8 Å². The molecule has 1 atom stereocenters. The van der Waals surface area contributed by atoms with Crippen molar-refractivity contribution in [1.82, 2.24) is 5.32 Å². The Bertz CT molecular complexity index is 1150. The van der Waals surface area contributed by atoms with Gasteiger partial charge in [-0.25, -0.2) is 0 Å². The lowest BCUT2D eigenvalue weighted by Gasteiger charge is -2.11. The minimum absolute atomic E-state index is 0.0491. The maximum Gasteiger partial charge on any atom is 0.244 e. The molecule has 2 aromatic heterocycles. The van der Waals surface area contributed by atoms with E-state index >= 15 is 0 Å². The smallest absolute Gasteiger partial charge is 0.244 e. The molecule has 1 amide bonds. The van der Waals surface area contributed by atoms with E-state index in [1.807, 2.05) is 29.6 Å². The van der Waals surface area contributed by atoms with E-state index < -0.39 is 0 Å². The van der Waals surface area contributed by atoms with Crippen LogP contribution in [0.2, 0.25) is 10.0 Å². The van der Waals surface area contributed by atoms with E-state index in [1.54, 1.807) is 19.1 Å². The summed E-state index contributed by atoms with van der Waals surface area (Å²) in [6.45, 7) is 1.93. The summed E-state index contributed by atoms with van der Waals surface area (Å²) < 4.78 is 5.95. The molecule has 1 aromatic carbocycles. The summed E-state index contributed by atoms with van der Waals surface area (Å²) in [6, 6.07) is 9.44.